The Kier molecular flexibility index (Phi) is 4.10. The number of rotatable bonds is 4. The number of likely N-dealkylation sites (tertiary alicyclic amines) is 1. The molecule has 21 heavy (non-hydrogen) atoms. The minimum atomic E-state index is -0.207. The third-order valence-corrected chi connectivity index (χ3v) is 3.90. The average Bonchev–Trinajstić information content (AvgIpc) is 3.01. The number of hydrogen-bond acceptors (Lipinski definition) is 4. The molecule has 0 aliphatic carbocycles. The van der Waals surface area contributed by atoms with Gasteiger partial charge in [0.15, 0.2) is 0 Å². The Hall–Kier alpha value is -2.01. The maximum atomic E-state index is 13.2. The Morgan fingerprint density at radius 3 is 2.86 bits per heavy atom. The number of carbonyl (C=O) groups is 1. The van der Waals surface area contributed by atoms with Gasteiger partial charge in [0.05, 0.1) is 6.20 Å². The molecule has 3 rings (SSSR count). The van der Waals surface area contributed by atoms with Gasteiger partial charge in [-0.1, -0.05) is 12.1 Å². The molecule has 0 bridgehead atoms. The first-order valence-corrected chi connectivity index (χ1v) is 7.13. The number of nitrogens with zero attached hydrogens (tertiary/aromatic N) is 2. The molecule has 0 amide bonds. The first-order chi connectivity index (χ1) is 10.2. The number of hydrogen-bond donors (Lipinski definition) is 0. The molecule has 0 radical (unpaired) electrons. The number of piperidine rings is 1. The average molecular weight is 288 g/mol. The summed E-state index contributed by atoms with van der Waals surface area (Å²) < 4.78 is 18.2. The van der Waals surface area contributed by atoms with Crippen molar-refractivity contribution in [3.63, 3.8) is 0 Å². The first-order valence-electron chi connectivity index (χ1n) is 7.13. The van der Waals surface area contributed by atoms with E-state index in [0.717, 1.165) is 38.0 Å². The van der Waals surface area contributed by atoms with Crippen LogP contribution in [0.15, 0.2) is 41.1 Å². The Morgan fingerprint density at radius 1 is 1.38 bits per heavy atom. The van der Waals surface area contributed by atoms with Crippen LogP contribution in [0.1, 0.15) is 29.1 Å². The van der Waals surface area contributed by atoms with Gasteiger partial charge in [-0.15, -0.1) is 0 Å². The van der Waals surface area contributed by atoms with E-state index in [2.05, 4.69) is 9.88 Å². The van der Waals surface area contributed by atoms with E-state index >= 15 is 0 Å². The summed E-state index contributed by atoms with van der Waals surface area (Å²) >= 11 is 0. The first kappa shape index (κ1) is 13.9. The monoisotopic (exact) mass is 288 g/mol. The fourth-order valence-corrected chi connectivity index (χ4v) is 2.77. The standard InChI is InChI=1S/C16H17FN2O2/c17-14-3-1-2-12(10-14)11-19-7-4-13(5-8-19)15(20)16-18-6-9-21-16/h1-3,6,9-10,13H,4-5,7-8,11H2. The molecule has 0 saturated carbocycles. The molecule has 1 fully saturated rings. The quantitative estimate of drug-likeness (QED) is 0.812. The zero-order chi connectivity index (χ0) is 14.7. The summed E-state index contributed by atoms with van der Waals surface area (Å²) in [7, 11) is 0. The lowest BCUT2D eigenvalue weighted by atomic mass is 9.92. The number of carbonyl (C=O) groups excluding carboxylic acids is 1. The maximum Gasteiger partial charge on any atom is 0.263 e. The lowest BCUT2D eigenvalue weighted by molar-refractivity contribution is 0.0799. The van der Waals surface area contributed by atoms with Crippen LogP contribution in [-0.2, 0) is 6.54 Å². The largest absolute Gasteiger partial charge is 0.442 e. The molecule has 2 aromatic rings. The van der Waals surface area contributed by atoms with Crippen LogP contribution >= 0.6 is 0 Å². The molecule has 1 saturated heterocycles. The van der Waals surface area contributed by atoms with E-state index in [0.29, 0.717) is 0 Å². The molecule has 0 spiro atoms. The third-order valence-electron chi connectivity index (χ3n) is 3.90. The fourth-order valence-electron chi connectivity index (χ4n) is 2.77. The van der Waals surface area contributed by atoms with Crippen molar-refractivity contribution in [2.24, 2.45) is 5.92 Å². The van der Waals surface area contributed by atoms with Crippen LogP contribution in [0.2, 0.25) is 0 Å². The molecular formula is C16H17FN2O2. The fraction of sp³-hybridized carbons (Fsp3) is 0.375. The predicted molar refractivity (Wildman–Crippen MR) is 75.2 cm³/mol. The van der Waals surface area contributed by atoms with Gasteiger partial charge >= 0.3 is 0 Å². The molecule has 1 aliphatic rings. The van der Waals surface area contributed by atoms with Crippen LogP contribution in [0.25, 0.3) is 0 Å². The van der Waals surface area contributed by atoms with Crippen LogP contribution in [0, 0.1) is 11.7 Å². The minimum Gasteiger partial charge on any atom is -0.442 e. The van der Waals surface area contributed by atoms with Crippen molar-refractivity contribution in [2.45, 2.75) is 19.4 Å². The smallest absolute Gasteiger partial charge is 0.263 e. The summed E-state index contributed by atoms with van der Waals surface area (Å²) in [4.78, 5) is 18.3. The van der Waals surface area contributed by atoms with Crippen LogP contribution in [0.5, 0.6) is 0 Å². The number of ketones is 1. The predicted octanol–water partition coefficient (Wildman–Crippen LogP) is 2.91. The number of benzene rings is 1. The number of halogens is 1. The SMILES string of the molecule is O=C(c1ncco1)C1CCN(Cc2cccc(F)c2)CC1. The van der Waals surface area contributed by atoms with Crippen molar-refractivity contribution in [1.29, 1.82) is 0 Å². The zero-order valence-corrected chi connectivity index (χ0v) is 11.7. The molecule has 0 atom stereocenters. The second kappa shape index (κ2) is 6.18. The van der Waals surface area contributed by atoms with Crippen molar-refractivity contribution in [3.05, 3.63) is 54.0 Å². The van der Waals surface area contributed by atoms with E-state index < -0.39 is 0 Å². The summed E-state index contributed by atoms with van der Waals surface area (Å²) in [6.07, 6.45) is 4.49. The highest BCUT2D eigenvalue weighted by Gasteiger charge is 2.28. The Balaban J connectivity index is 1.54. The van der Waals surface area contributed by atoms with Gasteiger partial charge in [0.25, 0.3) is 5.89 Å². The van der Waals surface area contributed by atoms with Crippen LogP contribution in [-0.4, -0.2) is 28.8 Å². The Labute approximate surface area is 122 Å². The van der Waals surface area contributed by atoms with Gasteiger partial charge < -0.3 is 4.42 Å². The summed E-state index contributed by atoms with van der Waals surface area (Å²) in [6, 6.07) is 6.66. The second-order valence-corrected chi connectivity index (χ2v) is 5.38. The zero-order valence-electron chi connectivity index (χ0n) is 11.7. The molecule has 1 aliphatic heterocycles. The molecule has 1 aromatic carbocycles. The van der Waals surface area contributed by atoms with Crippen molar-refractivity contribution in [2.75, 3.05) is 13.1 Å². The topological polar surface area (TPSA) is 46.3 Å². The van der Waals surface area contributed by atoms with Crippen molar-refractivity contribution < 1.29 is 13.6 Å². The molecule has 110 valence electrons. The number of Topliss-reactive ketones (excluding diaryl/α,β-unsaturated/α-hetero) is 1. The minimum absolute atomic E-state index is 0.00888. The van der Waals surface area contributed by atoms with Crippen LogP contribution in [0.4, 0.5) is 4.39 Å². The van der Waals surface area contributed by atoms with Gasteiger partial charge in [0.2, 0.25) is 5.78 Å². The lowest BCUT2D eigenvalue weighted by Crippen LogP contribution is -2.36. The number of oxazole rings is 1. The molecular weight excluding hydrogens is 271 g/mol. The lowest BCUT2D eigenvalue weighted by Gasteiger charge is -2.30. The highest BCUT2D eigenvalue weighted by molar-refractivity contribution is 5.93. The molecule has 2 heterocycles. The third kappa shape index (κ3) is 3.36. The van der Waals surface area contributed by atoms with Crippen LogP contribution < -0.4 is 0 Å². The van der Waals surface area contributed by atoms with E-state index in [1.165, 1.54) is 18.5 Å². The summed E-state index contributed by atoms with van der Waals surface area (Å²) in [6.45, 7) is 2.37. The van der Waals surface area contributed by atoms with Crippen molar-refractivity contribution in [1.82, 2.24) is 9.88 Å². The van der Waals surface area contributed by atoms with Crippen LogP contribution in [0.3, 0.4) is 0 Å². The van der Waals surface area contributed by atoms with E-state index in [1.807, 2.05) is 6.07 Å². The molecule has 0 unspecified atom stereocenters. The highest BCUT2D eigenvalue weighted by Crippen LogP contribution is 2.22. The van der Waals surface area contributed by atoms with E-state index in [4.69, 9.17) is 4.42 Å². The normalized spacial score (nSPS) is 17.0. The number of aromatic nitrogens is 1. The van der Waals surface area contributed by atoms with E-state index in [-0.39, 0.29) is 23.4 Å². The van der Waals surface area contributed by atoms with E-state index in [9.17, 15) is 9.18 Å². The van der Waals surface area contributed by atoms with Gasteiger partial charge in [0.1, 0.15) is 12.1 Å². The Bertz CT molecular complexity index is 604. The van der Waals surface area contributed by atoms with Gasteiger partial charge in [0, 0.05) is 12.5 Å². The molecule has 4 nitrogen and oxygen atoms in total. The molecule has 1 aromatic heterocycles. The molecule has 0 N–H and O–H groups in total. The van der Waals surface area contributed by atoms with Crippen molar-refractivity contribution >= 4 is 5.78 Å². The second-order valence-electron chi connectivity index (χ2n) is 5.38. The summed E-state index contributed by atoms with van der Waals surface area (Å²) in [5.41, 5.74) is 0.965. The Morgan fingerprint density at radius 2 is 2.19 bits per heavy atom. The van der Waals surface area contributed by atoms with Crippen molar-refractivity contribution in [3.8, 4) is 0 Å². The maximum absolute atomic E-state index is 13.2. The highest BCUT2D eigenvalue weighted by atomic mass is 19.1. The van der Waals surface area contributed by atoms with Gasteiger partial charge in [-0.3, -0.25) is 9.69 Å². The summed E-state index contributed by atoms with van der Waals surface area (Å²) in [5.74, 6) is -0.0298. The van der Waals surface area contributed by atoms with Gasteiger partial charge in [-0.05, 0) is 43.6 Å². The van der Waals surface area contributed by atoms with Gasteiger partial charge in [-0.2, -0.15) is 0 Å². The molecule has 5 heteroatoms. The summed E-state index contributed by atoms with van der Waals surface area (Å²) in [5, 5.41) is 0. The van der Waals surface area contributed by atoms with E-state index in [1.54, 1.807) is 12.1 Å². The van der Waals surface area contributed by atoms with Gasteiger partial charge in [-0.25, -0.2) is 9.37 Å².